The monoisotopic (exact) mass is 241 g/mol. The van der Waals surface area contributed by atoms with Gasteiger partial charge in [0, 0.05) is 12.8 Å². The van der Waals surface area contributed by atoms with E-state index >= 15 is 0 Å². The predicted molar refractivity (Wildman–Crippen MR) is 63.3 cm³/mol. The number of aromatic nitrogens is 2. The Kier molecular flexibility index (Phi) is 5.48. The number of anilines is 1. The maximum Gasteiger partial charge on any atom is 0.327 e. The number of hydrogen-bond donors (Lipinski definition) is 1. The zero-order valence-corrected chi connectivity index (χ0v) is 10.3. The topological polar surface area (TPSA) is 79.4 Å². The van der Waals surface area contributed by atoms with E-state index in [1.807, 2.05) is 0 Å². The molecule has 0 aliphatic carbocycles. The van der Waals surface area contributed by atoms with E-state index in [1.54, 1.807) is 12.3 Å². The van der Waals surface area contributed by atoms with Gasteiger partial charge in [-0.3, -0.25) is 9.48 Å². The molecule has 0 aliphatic rings. The second-order valence-corrected chi connectivity index (χ2v) is 4.13. The smallest absolute Gasteiger partial charge is 0.327 e. The van der Waals surface area contributed by atoms with Crippen molar-refractivity contribution in [3.8, 4) is 0 Å². The molecule has 2 N–H and O–H groups in total. The van der Waals surface area contributed by atoms with Crippen LogP contribution in [0.4, 0.5) is 5.82 Å². The van der Waals surface area contributed by atoms with E-state index in [2.05, 4.69) is 18.9 Å². The Morgan fingerprint density at radius 1 is 1.53 bits per heavy atom. The second-order valence-electron chi connectivity index (χ2n) is 4.13. The lowest BCUT2D eigenvalue weighted by atomic mass is 10.2. The number of nitrogen functional groups attached to an aromatic ring is 1. The third-order valence-corrected chi connectivity index (χ3v) is 1.89. The number of esters is 1. The Labute approximate surface area is 101 Å². The summed E-state index contributed by atoms with van der Waals surface area (Å²) >= 11 is 0. The molecule has 0 saturated carbocycles. The van der Waals surface area contributed by atoms with Crippen molar-refractivity contribution >= 4 is 11.8 Å². The molecule has 1 aromatic heterocycles. The zero-order chi connectivity index (χ0) is 12.7. The molecular formula is C11H19N3O3. The third-order valence-electron chi connectivity index (χ3n) is 1.89. The first-order valence-electron chi connectivity index (χ1n) is 5.60. The highest BCUT2D eigenvalue weighted by atomic mass is 16.6. The number of nitrogens with zero attached hydrogens (tertiary/aromatic N) is 2. The Balaban J connectivity index is 2.09. The van der Waals surface area contributed by atoms with Crippen molar-refractivity contribution in [2.75, 3.05) is 25.6 Å². The zero-order valence-electron chi connectivity index (χ0n) is 10.3. The summed E-state index contributed by atoms with van der Waals surface area (Å²) in [7, 11) is 0. The van der Waals surface area contributed by atoms with E-state index in [1.165, 1.54) is 4.68 Å². The fourth-order valence-electron chi connectivity index (χ4n) is 1.18. The van der Waals surface area contributed by atoms with E-state index < -0.39 is 0 Å². The molecule has 0 unspecified atom stereocenters. The SMILES string of the molecule is CC(C)COCCOC(=O)Cn1ccc(N)n1. The van der Waals surface area contributed by atoms with Crippen LogP contribution in [0.2, 0.25) is 0 Å². The van der Waals surface area contributed by atoms with Crippen molar-refractivity contribution in [3.05, 3.63) is 12.3 Å². The van der Waals surface area contributed by atoms with Gasteiger partial charge in [0.25, 0.3) is 0 Å². The maximum atomic E-state index is 11.3. The van der Waals surface area contributed by atoms with Gasteiger partial charge in [0.1, 0.15) is 19.0 Å². The van der Waals surface area contributed by atoms with Crippen LogP contribution < -0.4 is 5.73 Å². The van der Waals surface area contributed by atoms with Crippen molar-refractivity contribution < 1.29 is 14.3 Å². The molecular weight excluding hydrogens is 222 g/mol. The Hall–Kier alpha value is -1.56. The summed E-state index contributed by atoms with van der Waals surface area (Å²) in [5.74, 6) is 0.525. The van der Waals surface area contributed by atoms with Crippen LogP contribution in [0.5, 0.6) is 0 Å². The second kappa shape index (κ2) is 6.90. The minimum atomic E-state index is -0.346. The molecule has 0 aliphatic heterocycles. The molecule has 1 rings (SSSR count). The highest BCUT2D eigenvalue weighted by molar-refractivity contribution is 5.69. The number of hydrogen-bond acceptors (Lipinski definition) is 5. The Morgan fingerprint density at radius 2 is 2.29 bits per heavy atom. The molecule has 96 valence electrons. The molecule has 0 aromatic carbocycles. The minimum absolute atomic E-state index is 0.0708. The van der Waals surface area contributed by atoms with Gasteiger partial charge in [-0.15, -0.1) is 0 Å². The van der Waals surface area contributed by atoms with Gasteiger partial charge in [0.15, 0.2) is 0 Å². The highest BCUT2D eigenvalue weighted by Crippen LogP contribution is 1.96. The van der Waals surface area contributed by atoms with Crippen molar-refractivity contribution in [3.63, 3.8) is 0 Å². The minimum Gasteiger partial charge on any atom is -0.462 e. The van der Waals surface area contributed by atoms with Crippen LogP contribution in [0.25, 0.3) is 0 Å². The van der Waals surface area contributed by atoms with Crippen molar-refractivity contribution in [2.24, 2.45) is 5.92 Å². The summed E-state index contributed by atoms with van der Waals surface area (Å²) in [6.45, 7) is 5.56. The summed E-state index contributed by atoms with van der Waals surface area (Å²) in [6, 6.07) is 1.62. The molecule has 0 atom stereocenters. The molecule has 1 heterocycles. The fourth-order valence-corrected chi connectivity index (χ4v) is 1.18. The summed E-state index contributed by atoms with van der Waals surface area (Å²) < 4.78 is 11.7. The lowest BCUT2D eigenvalue weighted by Gasteiger charge is -2.07. The molecule has 6 heteroatoms. The lowest BCUT2D eigenvalue weighted by molar-refractivity contribution is -0.146. The van der Waals surface area contributed by atoms with E-state index in [-0.39, 0.29) is 19.1 Å². The molecule has 1 aromatic rings. The van der Waals surface area contributed by atoms with Crippen LogP contribution in [0.3, 0.4) is 0 Å². The van der Waals surface area contributed by atoms with Crippen LogP contribution in [0.15, 0.2) is 12.3 Å². The average molecular weight is 241 g/mol. The van der Waals surface area contributed by atoms with Crippen molar-refractivity contribution in [1.82, 2.24) is 9.78 Å². The van der Waals surface area contributed by atoms with Gasteiger partial charge in [-0.1, -0.05) is 13.8 Å². The quantitative estimate of drug-likeness (QED) is 0.561. The molecule has 0 fully saturated rings. The Morgan fingerprint density at radius 3 is 2.88 bits per heavy atom. The molecule has 0 radical (unpaired) electrons. The number of carbonyl (C=O) groups is 1. The lowest BCUT2D eigenvalue weighted by Crippen LogP contribution is -2.17. The summed E-state index contributed by atoms with van der Waals surface area (Å²) in [4.78, 5) is 11.3. The first-order chi connectivity index (χ1) is 8.08. The Bertz CT molecular complexity index is 349. The number of carbonyl (C=O) groups excluding carboxylic acids is 1. The van der Waals surface area contributed by atoms with Crippen LogP contribution in [0.1, 0.15) is 13.8 Å². The molecule has 6 nitrogen and oxygen atoms in total. The van der Waals surface area contributed by atoms with Gasteiger partial charge in [-0.2, -0.15) is 5.10 Å². The van der Waals surface area contributed by atoms with Gasteiger partial charge < -0.3 is 15.2 Å². The van der Waals surface area contributed by atoms with E-state index in [0.29, 0.717) is 24.9 Å². The predicted octanol–water partition coefficient (Wildman–Crippen LogP) is 0.681. The van der Waals surface area contributed by atoms with Crippen LogP contribution in [0, 0.1) is 5.92 Å². The van der Waals surface area contributed by atoms with Crippen molar-refractivity contribution in [2.45, 2.75) is 20.4 Å². The van der Waals surface area contributed by atoms with Gasteiger partial charge in [-0.25, -0.2) is 0 Å². The van der Waals surface area contributed by atoms with Crippen LogP contribution >= 0.6 is 0 Å². The average Bonchev–Trinajstić information content (AvgIpc) is 2.63. The summed E-state index contributed by atoms with van der Waals surface area (Å²) in [5.41, 5.74) is 5.42. The van der Waals surface area contributed by atoms with E-state index in [9.17, 15) is 4.79 Å². The van der Waals surface area contributed by atoms with Gasteiger partial charge in [0.2, 0.25) is 0 Å². The number of nitrogens with two attached hydrogens (primary N) is 1. The maximum absolute atomic E-state index is 11.3. The van der Waals surface area contributed by atoms with Crippen LogP contribution in [-0.4, -0.2) is 35.6 Å². The van der Waals surface area contributed by atoms with Gasteiger partial charge in [-0.05, 0) is 12.0 Å². The number of rotatable bonds is 7. The molecule has 0 bridgehead atoms. The summed E-state index contributed by atoms with van der Waals surface area (Å²) in [5, 5.41) is 3.88. The first kappa shape index (κ1) is 13.5. The largest absolute Gasteiger partial charge is 0.462 e. The van der Waals surface area contributed by atoms with Crippen LogP contribution in [-0.2, 0) is 20.8 Å². The van der Waals surface area contributed by atoms with Gasteiger partial charge >= 0.3 is 5.97 Å². The highest BCUT2D eigenvalue weighted by Gasteiger charge is 2.05. The van der Waals surface area contributed by atoms with E-state index in [0.717, 1.165) is 0 Å². The standard InChI is InChI=1S/C11H19N3O3/c1-9(2)8-16-5-6-17-11(15)7-14-4-3-10(12)13-14/h3-4,9H,5-8H2,1-2H3,(H2,12,13). The number of ether oxygens (including phenoxy) is 2. The summed E-state index contributed by atoms with van der Waals surface area (Å²) in [6.07, 6.45) is 1.63. The molecule has 0 amide bonds. The van der Waals surface area contributed by atoms with Gasteiger partial charge in [0.05, 0.1) is 6.61 Å². The fraction of sp³-hybridized carbons (Fsp3) is 0.636. The molecule has 0 saturated heterocycles. The first-order valence-corrected chi connectivity index (χ1v) is 5.60. The molecule has 17 heavy (non-hydrogen) atoms. The normalized spacial score (nSPS) is 10.8. The third kappa shape index (κ3) is 5.91. The molecule has 0 spiro atoms. The van der Waals surface area contributed by atoms with Crippen molar-refractivity contribution in [1.29, 1.82) is 0 Å². The van der Waals surface area contributed by atoms with E-state index in [4.69, 9.17) is 15.2 Å².